The Hall–Kier alpha value is -3.15. The first-order valence-electron chi connectivity index (χ1n) is 7.88. The fraction of sp³-hybridized carbons (Fsp3) is 0.0476. The molecule has 0 aliphatic carbocycles. The molecule has 0 radical (unpaired) electrons. The van der Waals surface area contributed by atoms with Crippen molar-refractivity contribution in [2.75, 3.05) is 6.61 Å². The van der Waals surface area contributed by atoms with E-state index >= 15 is 0 Å². The van der Waals surface area contributed by atoms with E-state index in [9.17, 15) is 22.0 Å². The quantitative estimate of drug-likeness (QED) is 0.354. The maximum Gasteiger partial charge on any atom is 0.271 e. The van der Waals surface area contributed by atoms with E-state index in [1.807, 2.05) is 0 Å². The summed E-state index contributed by atoms with van der Waals surface area (Å²) in [6.45, 7) is 3.73. The molecule has 138 valence electrons. The van der Waals surface area contributed by atoms with Crippen LogP contribution in [-0.2, 0) is 0 Å². The molecule has 3 aromatic carbocycles. The maximum atomic E-state index is 14.4. The number of hydrogen-bond acceptors (Lipinski definition) is 1. The van der Waals surface area contributed by atoms with Crippen LogP contribution < -0.4 is 4.74 Å². The van der Waals surface area contributed by atoms with Crippen molar-refractivity contribution in [3.63, 3.8) is 0 Å². The number of halogens is 5. The van der Waals surface area contributed by atoms with Crippen LogP contribution in [0.2, 0.25) is 0 Å². The molecule has 27 heavy (non-hydrogen) atoms. The van der Waals surface area contributed by atoms with Crippen molar-refractivity contribution in [2.45, 2.75) is 0 Å². The number of rotatable bonds is 5. The summed E-state index contributed by atoms with van der Waals surface area (Å²) < 4.78 is 72.8. The van der Waals surface area contributed by atoms with Gasteiger partial charge < -0.3 is 4.74 Å². The van der Waals surface area contributed by atoms with Gasteiger partial charge in [0.05, 0.1) is 5.56 Å². The summed E-state index contributed by atoms with van der Waals surface area (Å²) in [6.07, 6.45) is -0.541. The molecule has 0 fully saturated rings. The summed E-state index contributed by atoms with van der Waals surface area (Å²) in [5.74, 6) is -2.48. The van der Waals surface area contributed by atoms with Gasteiger partial charge in [0.2, 0.25) is 0 Å². The van der Waals surface area contributed by atoms with Gasteiger partial charge in [0.15, 0.2) is 0 Å². The predicted octanol–water partition coefficient (Wildman–Crippen LogP) is 6.73. The third kappa shape index (κ3) is 3.84. The highest BCUT2D eigenvalue weighted by atomic mass is 19.3. The first-order valence-corrected chi connectivity index (χ1v) is 7.88. The van der Waals surface area contributed by atoms with Gasteiger partial charge in [0, 0.05) is 23.1 Å². The average Bonchev–Trinajstić information content (AvgIpc) is 2.63. The minimum atomic E-state index is -2.20. The normalized spacial score (nSPS) is 10.7. The largest absolute Gasteiger partial charge is 0.489 e. The van der Waals surface area contributed by atoms with E-state index in [0.717, 1.165) is 6.07 Å². The second kappa shape index (κ2) is 7.61. The van der Waals surface area contributed by atoms with Crippen LogP contribution in [0.15, 0.2) is 61.2 Å². The molecule has 0 N–H and O–H groups in total. The van der Waals surface area contributed by atoms with Crippen molar-refractivity contribution in [3.8, 4) is 16.9 Å². The van der Waals surface area contributed by atoms with Gasteiger partial charge in [-0.2, -0.15) is 8.78 Å². The third-order valence-electron chi connectivity index (χ3n) is 3.94. The maximum absolute atomic E-state index is 14.4. The Labute approximate surface area is 152 Å². The van der Waals surface area contributed by atoms with E-state index in [0.29, 0.717) is 11.3 Å². The van der Waals surface area contributed by atoms with Crippen molar-refractivity contribution in [3.05, 3.63) is 84.2 Å². The Morgan fingerprint density at radius 2 is 1.74 bits per heavy atom. The zero-order chi connectivity index (χ0) is 19.6. The molecule has 0 atom stereocenters. The Bertz CT molecular complexity index is 1050. The van der Waals surface area contributed by atoms with Crippen molar-refractivity contribution in [1.82, 2.24) is 0 Å². The second-order valence-corrected chi connectivity index (χ2v) is 5.70. The lowest BCUT2D eigenvalue weighted by Crippen LogP contribution is -1.95. The summed E-state index contributed by atoms with van der Waals surface area (Å²) in [7, 11) is 0. The van der Waals surface area contributed by atoms with Crippen molar-refractivity contribution in [1.29, 1.82) is 0 Å². The molecule has 0 spiro atoms. The highest BCUT2D eigenvalue weighted by Gasteiger charge is 2.15. The Morgan fingerprint density at radius 1 is 0.963 bits per heavy atom. The summed E-state index contributed by atoms with van der Waals surface area (Å²) in [5.41, 5.74) is -0.221. The molecule has 0 aliphatic heterocycles. The average molecular weight is 376 g/mol. The van der Waals surface area contributed by atoms with Crippen molar-refractivity contribution >= 4 is 16.8 Å². The van der Waals surface area contributed by atoms with Crippen LogP contribution in [0.3, 0.4) is 0 Å². The molecular weight excluding hydrogens is 363 g/mol. The van der Waals surface area contributed by atoms with Crippen LogP contribution in [0.25, 0.3) is 28.0 Å². The fourth-order valence-corrected chi connectivity index (χ4v) is 2.73. The van der Waals surface area contributed by atoms with Crippen LogP contribution in [0.5, 0.6) is 5.75 Å². The summed E-state index contributed by atoms with van der Waals surface area (Å²) >= 11 is 0. The van der Waals surface area contributed by atoms with E-state index in [1.54, 1.807) is 6.07 Å². The molecule has 0 saturated heterocycles. The predicted molar refractivity (Wildman–Crippen MR) is 95.1 cm³/mol. The number of fused-ring (bicyclic) bond motifs is 1. The van der Waals surface area contributed by atoms with E-state index < -0.39 is 29.1 Å². The molecule has 0 unspecified atom stereocenters. The lowest BCUT2D eigenvalue weighted by atomic mass is 9.98. The van der Waals surface area contributed by atoms with Gasteiger partial charge in [-0.1, -0.05) is 24.8 Å². The van der Waals surface area contributed by atoms with Crippen LogP contribution >= 0.6 is 0 Å². The van der Waals surface area contributed by atoms with Crippen molar-refractivity contribution in [2.24, 2.45) is 0 Å². The zero-order valence-corrected chi connectivity index (χ0v) is 13.9. The van der Waals surface area contributed by atoms with E-state index in [-0.39, 0.29) is 29.0 Å². The number of ether oxygens (including phenoxy) is 1. The second-order valence-electron chi connectivity index (χ2n) is 5.70. The van der Waals surface area contributed by atoms with Crippen LogP contribution in [0, 0.1) is 17.5 Å². The Morgan fingerprint density at radius 3 is 2.41 bits per heavy atom. The Balaban J connectivity index is 2.07. The van der Waals surface area contributed by atoms with Gasteiger partial charge in [-0.05, 0) is 35.2 Å². The van der Waals surface area contributed by atoms with Crippen LogP contribution in [-0.4, -0.2) is 6.61 Å². The van der Waals surface area contributed by atoms with E-state index in [4.69, 9.17) is 4.74 Å². The molecule has 6 heteroatoms. The molecule has 0 aliphatic rings. The first kappa shape index (κ1) is 18.6. The molecule has 0 saturated carbocycles. The van der Waals surface area contributed by atoms with Crippen LogP contribution in [0.1, 0.15) is 5.56 Å². The molecule has 0 bridgehead atoms. The fourth-order valence-electron chi connectivity index (χ4n) is 2.73. The highest BCUT2D eigenvalue weighted by molar-refractivity contribution is 5.90. The standard InChI is InChI=1S/C21H13F5O/c1-2-7-27-14-4-6-15(19(23)10-14)12-3-5-16-13(8-12)9-18(22)17(21(16)26)11-20(24)25/h2-6,8-11H,1,7H2. The zero-order valence-electron chi connectivity index (χ0n) is 13.9. The van der Waals surface area contributed by atoms with Gasteiger partial charge in [-0.3, -0.25) is 0 Å². The lowest BCUT2D eigenvalue weighted by molar-refractivity contribution is 0.361. The molecule has 0 amide bonds. The SMILES string of the molecule is C=CCOc1ccc(-c2ccc3c(F)c(C=C(F)F)c(F)cc3c2)c(F)c1. The summed E-state index contributed by atoms with van der Waals surface area (Å²) in [4.78, 5) is 0. The summed E-state index contributed by atoms with van der Waals surface area (Å²) in [6, 6.07) is 9.31. The molecular formula is C21H13F5O. The van der Waals surface area contributed by atoms with Gasteiger partial charge in [-0.15, -0.1) is 0 Å². The van der Waals surface area contributed by atoms with Crippen molar-refractivity contribution < 1.29 is 26.7 Å². The Kier molecular flexibility index (Phi) is 5.26. The minimum Gasteiger partial charge on any atom is -0.489 e. The smallest absolute Gasteiger partial charge is 0.271 e. The lowest BCUT2D eigenvalue weighted by Gasteiger charge is -2.10. The molecule has 0 heterocycles. The highest BCUT2D eigenvalue weighted by Crippen LogP contribution is 2.32. The summed E-state index contributed by atoms with van der Waals surface area (Å²) in [5, 5.41) is 0.0873. The molecule has 3 rings (SSSR count). The van der Waals surface area contributed by atoms with Crippen LogP contribution in [0.4, 0.5) is 22.0 Å². The van der Waals surface area contributed by atoms with E-state index in [2.05, 4.69) is 6.58 Å². The monoisotopic (exact) mass is 376 g/mol. The number of hydrogen-bond donors (Lipinski definition) is 0. The number of benzene rings is 3. The van der Waals surface area contributed by atoms with E-state index in [1.165, 1.54) is 36.4 Å². The van der Waals surface area contributed by atoms with Gasteiger partial charge in [0.1, 0.15) is 29.8 Å². The molecule has 3 aromatic rings. The van der Waals surface area contributed by atoms with Gasteiger partial charge in [0.25, 0.3) is 6.08 Å². The topological polar surface area (TPSA) is 9.23 Å². The molecule has 0 aromatic heterocycles. The van der Waals surface area contributed by atoms with Gasteiger partial charge in [-0.25, -0.2) is 13.2 Å². The minimum absolute atomic E-state index is 0.0426. The third-order valence-corrected chi connectivity index (χ3v) is 3.94. The first-order chi connectivity index (χ1) is 12.9. The van der Waals surface area contributed by atoms with Gasteiger partial charge >= 0.3 is 0 Å². The molecule has 1 nitrogen and oxygen atoms in total.